The molecule has 0 atom stereocenters. The van der Waals surface area contributed by atoms with Gasteiger partial charge in [-0.15, -0.1) is 0 Å². The van der Waals surface area contributed by atoms with Gasteiger partial charge in [-0.05, 0) is 6.42 Å². The van der Waals surface area contributed by atoms with Gasteiger partial charge in [0.15, 0.2) is 0 Å². The van der Waals surface area contributed by atoms with Crippen LogP contribution in [0.3, 0.4) is 0 Å². The number of nitrogens with two attached hydrogens (primary N) is 1. The van der Waals surface area contributed by atoms with E-state index < -0.39 is 0 Å². The lowest BCUT2D eigenvalue weighted by Gasteiger charge is -2.02. The van der Waals surface area contributed by atoms with Crippen molar-refractivity contribution in [1.29, 1.82) is 0 Å². The quantitative estimate of drug-likeness (QED) is 0.437. The van der Waals surface area contributed by atoms with Gasteiger partial charge in [-0.2, -0.15) is 0 Å². The van der Waals surface area contributed by atoms with Crippen molar-refractivity contribution >= 4 is 0 Å². The maximum atomic E-state index is 5.31. The Kier molecular flexibility index (Phi) is 11.3. The smallest absolute Gasteiger partial charge is 0.0704 e. The highest BCUT2D eigenvalue weighted by Crippen LogP contribution is 1.87. The molecule has 0 aromatic heterocycles. The molecule has 0 rings (SSSR count). The number of ether oxygens (including phenoxy) is 2. The fraction of sp³-hybridized carbons (Fsp3) is 0.800. The molecule has 0 heterocycles. The van der Waals surface area contributed by atoms with Crippen LogP contribution in [0.15, 0.2) is 12.2 Å². The first-order valence-corrected chi connectivity index (χ1v) is 4.92. The van der Waals surface area contributed by atoms with Crippen molar-refractivity contribution in [2.45, 2.75) is 19.8 Å². The van der Waals surface area contributed by atoms with E-state index in [0.29, 0.717) is 26.4 Å². The van der Waals surface area contributed by atoms with Gasteiger partial charge in [-0.1, -0.05) is 25.5 Å². The zero-order valence-electron chi connectivity index (χ0n) is 8.50. The summed E-state index contributed by atoms with van der Waals surface area (Å²) in [5.74, 6) is 0. The highest BCUT2D eigenvalue weighted by Gasteiger charge is 1.87. The van der Waals surface area contributed by atoms with Crippen LogP contribution in [0.4, 0.5) is 0 Å². The maximum Gasteiger partial charge on any atom is 0.0704 e. The summed E-state index contributed by atoms with van der Waals surface area (Å²) >= 11 is 0. The van der Waals surface area contributed by atoms with Crippen molar-refractivity contribution in [3.8, 4) is 0 Å². The second kappa shape index (κ2) is 11.6. The minimum Gasteiger partial charge on any atom is -0.379 e. The molecule has 3 heteroatoms. The summed E-state index contributed by atoms with van der Waals surface area (Å²) in [4.78, 5) is 0. The predicted molar refractivity (Wildman–Crippen MR) is 54.7 cm³/mol. The zero-order valence-corrected chi connectivity index (χ0v) is 8.50. The van der Waals surface area contributed by atoms with Crippen LogP contribution in [0.25, 0.3) is 0 Å². The Morgan fingerprint density at radius 2 is 1.85 bits per heavy atom. The lowest BCUT2D eigenvalue weighted by atomic mass is 10.4. The molecule has 0 aliphatic heterocycles. The lowest BCUT2D eigenvalue weighted by Crippen LogP contribution is -2.05. The molecule has 0 radical (unpaired) electrons. The maximum absolute atomic E-state index is 5.31. The van der Waals surface area contributed by atoms with E-state index in [-0.39, 0.29) is 0 Å². The van der Waals surface area contributed by atoms with Crippen molar-refractivity contribution < 1.29 is 9.47 Å². The molecule has 78 valence electrons. The molecular formula is C10H21NO2. The van der Waals surface area contributed by atoms with E-state index >= 15 is 0 Å². The van der Waals surface area contributed by atoms with Gasteiger partial charge < -0.3 is 15.2 Å². The van der Waals surface area contributed by atoms with Crippen LogP contribution >= 0.6 is 0 Å². The molecule has 0 bridgehead atoms. The summed E-state index contributed by atoms with van der Waals surface area (Å²) in [6, 6.07) is 0. The standard InChI is InChI=1S/C10H21NO2/c1-2-3-7-12-9-10-13-8-5-4-6-11/h4-5H,2-3,6-11H2,1H3. The summed E-state index contributed by atoms with van der Waals surface area (Å²) in [5.41, 5.74) is 5.26. The second-order valence-electron chi connectivity index (χ2n) is 2.75. The van der Waals surface area contributed by atoms with E-state index in [9.17, 15) is 0 Å². The highest BCUT2D eigenvalue weighted by atomic mass is 16.5. The highest BCUT2D eigenvalue weighted by molar-refractivity contribution is 4.81. The molecule has 0 saturated carbocycles. The molecule has 0 unspecified atom stereocenters. The van der Waals surface area contributed by atoms with Gasteiger partial charge in [-0.25, -0.2) is 0 Å². The monoisotopic (exact) mass is 187 g/mol. The third kappa shape index (κ3) is 11.6. The van der Waals surface area contributed by atoms with Crippen molar-refractivity contribution in [2.24, 2.45) is 5.73 Å². The number of unbranched alkanes of at least 4 members (excludes halogenated alkanes) is 1. The van der Waals surface area contributed by atoms with Crippen LogP contribution in [0.2, 0.25) is 0 Å². The van der Waals surface area contributed by atoms with Crippen LogP contribution in [0.1, 0.15) is 19.8 Å². The Morgan fingerprint density at radius 1 is 1.08 bits per heavy atom. The molecule has 0 aliphatic rings. The summed E-state index contributed by atoms with van der Waals surface area (Å²) < 4.78 is 10.6. The molecule has 0 aliphatic carbocycles. The molecule has 0 spiro atoms. The Labute approximate surface area is 80.9 Å². The first-order valence-electron chi connectivity index (χ1n) is 4.92. The molecule has 0 saturated heterocycles. The Morgan fingerprint density at radius 3 is 2.54 bits per heavy atom. The molecule has 0 aromatic rings. The number of rotatable bonds is 9. The van der Waals surface area contributed by atoms with Crippen LogP contribution in [0.5, 0.6) is 0 Å². The van der Waals surface area contributed by atoms with E-state index in [1.165, 1.54) is 6.42 Å². The van der Waals surface area contributed by atoms with Crippen molar-refractivity contribution in [1.82, 2.24) is 0 Å². The normalized spacial score (nSPS) is 11.2. The average Bonchev–Trinajstić information content (AvgIpc) is 2.16. The molecule has 13 heavy (non-hydrogen) atoms. The van der Waals surface area contributed by atoms with Crippen LogP contribution < -0.4 is 5.73 Å². The van der Waals surface area contributed by atoms with E-state index in [0.717, 1.165) is 13.0 Å². The van der Waals surface area contributed by atoms with Crippen LogP contribution in [-0.2, 0) is 9.47 Å². The van der Waals surface area contributed by atoms with Gasteiger partial charge in [0.25, 0.3) is 0 Å². The minimum absolute atomic E-state index is 0.580. The van der Waals surface area contributed by atoms with Crippen molar-refractivity contribution in [2.75, 3.05) is 33.0 Å². The molecule has 0 aromatic carbocycles. The van der Waals surface area contributed by atoms with E-state index in [1.54, 1.807) is 0 Å². The van der Waals surface area contributed by atoms with Gasteiger partial charge >= 0.3 is 0 Å². The molecule has 0 amide bonds. The molecular weight excluding hydrogens is 166 g/mol. The fourth-order valence-electron chi connectivity index (χ4n) is 0.782. The van der Waals surface area contributed by atoms with Gasteiger partial charge in [0.05, 0.1) is 19.8 Å². The summed E-state index contributed by atoms with van der Waals surface area (Å²) in [6.07, 6.45) is 6.12. The number of hydrogen-bond acceptors (Lipinski definition) is 3. The average molecular weight is 187 g/mol. The van der Waals surface area contributed by atoms with E-state index in [2.05, 4.69) is 6.92 Å². The lowest BCUT2D eigenvalue weighted by molar-refractivity contribution is 0.0572. The topological polar surface area (TPSA) is 44.5 Å². The number of hydrogen-bond donors (Lipinski definition) is 1. The zero-order chi connectivity index (χ0) is 9.78. The Bertz CT molecular complexity index is 115. The summed E-state index contributed by atoms with van der Waals surface area (Å²) in [6.45, 7) is 5.57. The summed E-state index contributed by atoms with van der Waals surface area (Å²) in [7, 11) is 0. The van der Waals surface area contributed by atoms with Gasteiger partial charge in [0.1, 0.15) is 0 Å². The van der Waals surface area contributed by atoms with E-state index in [1.807, 2.05) is 12.2 Å². The van der Waals surface area contributed by atoms with Gasteiger partial charge in [0, 0.05) is 13.2 Å². The van der Waals surface area contributed by atoms with Gasteiger partial charge in [0.2, 0.25) is 0 Å². The molecule has 2 N–H and O–H groups in total. The van der Waals surface area contributed by atoms with Crippen LogP contribution in [-0.4, -0.2) is 33.0 Å². The molecule has 3 nitrogen and oxygen atoms in total. The van der Waals surface area contributed by atoms with E-state index in [4.69, 9.17) is 15.2 Å². The van der Waals surface area contributed by atoms with Gasteiger partial charge in [-0.3, -0.25) is 0 Å². The predicted octanol–water partition coefficient (Wildman–Crippen LogP) is 1.33. The first kappa shape index (κ1) is 12.6. The van der Waals surface area contributed by atoms with Crippen LogP contribution in [0, 0.1) is 0 Å². The first-order chi connectivity index (χ1) is 6.41. The molecule has 0 fully saturated rings. The summed E-state index contributed by atoms with van der Waals surface area (Å²) in [5, 5.41) is 0. The second-order valence-corrected chi connectivity index (χ2v) is 2.75. The Balaban J connectivity index is 2.87. The SMILES string of the molecule is CCCCOCCOCC=CCN. The fourth-order valence-corrected chi connectivity index (χ4v) is 0.782. The third-order valence-corrected chi connectivity index (χ3v) is 1.53. The minimum atomic E-state index is 0.580. The third-order valence-electron chi connectivity index (χ3n) is 1.53. The largest absolute Gasteiger partial charge is 0.379 e. The Hall–Kier alpha value is -0.380. The van der Waals surface area contributed by atoms with Crippen molar-refractivity contribution in [3.05, 3.63) is 12.2 Å². The van der Waals surface area contributed by atoms with Crippen molar-refractivity contribution in [3.63, 3.8) is 0 Å².